The molecule has 2 aromatic carbocycles. The summed E-state index contributed by atoms with van der Waals surface area (Å²) >= 11 is 0. The van der Waals surface area contributed by atoms with Crippen molar-refractivity contribution in [2.75, 3.05) is 12.8 Å². The number of pyridine rings is 1. The van der Waals surface area contributed by atoms with Crippen LogP contribution in [0.4, 0.5) is 5.82 Å². The molecule has 1 saturated carbocycles. The van der Waals surface area contributed by atoms with Crippen molar-refractivity contribution in [3.63, 3.8) is 0 Å². The molecule has 6 nitrogen and oxygen atoms in total. The van der Waals surface area contributed by atoms with Crippen LogP contribution in [0.15, 0.2) is 73.1 Å². The number of hydrogen-bond acceptors (Lipinski definition) is 5. The molecule has 0 spiro atoms. The molecule has 6 heteroatoms. The van der Waals surface area contributed by atoms with E-state index in [-0.39, 0.29) is 5.60 Å². The molecule has 3 aromatic heterocycles. The smallest absolute Gasteiger partial charge is 0.150 e. The normalized spacial score (nSPS) is 20.2. The number of aromatic nitrogens is 4. The maximum atomic E-state index is 6.35. The van der Waals surface area contributed by atoms with Gasteiger partial charge in [-0.15, -0.1) is 0 Å². The molecule has 0 radical (unpaired) electrons. The molecular weight excluding hydrogens is 410 g/mol. The summed E-state index contributed by atoms with van der Waals surface area (Å²) in [6.07, 6.45) is 5.56. The Morgan fingerprint density at radius 1 is 1.00 bits per heavy atom. The SMILES string of the molecule is CO[C@]1(C)C[C@H](c2nc(-c3ccc4ccc(-c5ccccc5)nc4c3)c3c(N)nccn32)C1. The van der Waals surface area contributed by atoms with Gasteiger partial charge in [-0.3, -0.25) is 4.40 Å². The first-order chi connectivity index (χ1) is 16.0. The van der Waals surface area contributed by atoms with Crippen LogP contribution < -0.4 is 5.73 Å². The Labute approximate surface area is 192 Å². The van der Waals surface area contributed by atoms with Crippen LogP contribution in [0.2, 0.25) is 0 Å². The van der Waals surface area contributed by atoms with Crippen LogP contribution in [0, 0.1) is 0 Å². The predicted octanol–water partition coefficient (Wildman–Crippen LogP) is 5.48. The summed E-state index contributed by atoms with van der Waals surface area (Å²) in [7, 11) is 1.78. The highest BCUT2D eigenvalue weighted by Crippen LogP contribution is 2.47. The predicted molar refractivity (Wildman–Crippen MR) is 131 cm³/mol. The molecule has 5 aromatic rings. The number of imidazole rings is 1. The van der Waals surface area contributed by atoms with E-state index in [1.54, 1.807) is 13.3 Å². The Morgan fingerprint density at radius 3 is 2.58 bits per heavy atom. The zero-order valence-corrected chi connectivity index (χ0v) is 18.7. The topological polar surface area (TPSA) is 78.3 Å². The van der Waals surface area contributed by atoms with Gasteiger partial charge < -0.3 is 10.5 Å². The zero-order chi connectivity index (χ0) is 22.6. The van der Waals surface area contributed by atoms with E-state index in [0.717, 1.165) is 57.6 Å². The van der Waals surface area contributed by atoms with Crippen LogP contribution in [0.3, 0.4) is 0 Å². The van der Waals surface area contributed by atoms with E-state index in [1.165, 1.54) is 0 Å². The molecule has 0 saturated heterocycles. The lowest BCUT2D eigenvalue weighted by Gasteiger charge is -2.43. The molecule has 1 aliphatic carbocycles. The molecule has 0 amide bonds. The van der Waals surface area contributed by atoms with Crippen molar-refractivity contribution in [1.82, 2.24) is 19.4 Å². The van der Waals surface area contributed by atoms with Gasteiger partial charge in [0, 0.05) is 41.9 Å². The van der Waals surface area contributed by atoms with Crippen LogP contribution in [0.1, 0.15) is 31.5 Å². The number of ether oxygens (including phenoxy) is 1. The minimum absolute atomic E-state index is 0.0874. The highest BCUT2D eigenvalue weighted by atomic mass is 16.5. The van der Waals surface area contributed by atoms with E-state index < -0.39 is 0 Å². The van der Waals surface area contributed by atoms with Gasteiger partial charge in [-0.2, -0.15) is 0 Å². The summed E-state index contributed by atoms with van der Waals surface area (Å²) in [5, 5.41) is 1.09. The summed E-state index contributed by atoms with van der Waals surface area (Å²) in [4.78, 5) is 14.4. The van der Waals surface area contributed by atoms with Gasteiger partial charge in [0.2, 0.25) is 0 Å². The minimum Gasteiger partial charge on any atom is -0.382 e. The second kappa shape index (κ2) is 7.39. The van der Waals surface area contributed by atoms with E-state index in [9.17, 15) is 0 Å². The summed E-state index contributed by atoms with van der Waals surface area (Å²) < 4.78 is 7.76. The van der Waals surface area contributed by atoms with Gasteiger partial charge in [-0.1, -0.05) is 48.5 Å². The number of nitrogen functional groups attached to an aromatic ring is 1. The van der Waals surface area contributed by atoms with Crippen molar-refractivity contribution in [1.29, 1.82) is 0 Å². The molecule has 0 unspecified atom stereocenters. The Balaban J connectivity index is 1.48. The van der Waals surface area contributed by atoms with Crippen molar-refractivity contribution in [3.05, 3.63) is 78.9 Å². The van der Waals surface area contributed by atoms with Gasteiger partial charge in [-0.25, -0.2) is 15.0 Å². The lowest BCUT2D eigenvalue weighted by Crippen LogP contribution is -2.41. The van der Waals surface area contributed by atoms with Crippen molar-refractivity contribution in [2.45, 2.75) is 31.3 Å². The molecule has 0 aliphatic heterocycles. The quantitative estimate of drug-likeness (QED) is 0.405. The van der Waals surface area contributed by atoms with Crippen LogP contribution >= 0.6 is 0 Å². The van der Waals surface area contributed by atoms with Gasteiger partial charge in [0.25, 0.3) is 0 Å². The second-order valence-electron chi connectivity index (χ2n) is 9.08. The van der Waals surface area contributed by atoms with Crippen molar-refractivity contribution in [3.8, 4) is 22.5 Å². The summed E-state index contributed by atoms with van der Waals surface area (Å²) in [6.45, 7) is 2.15. The lowest BCUT2D eigenvalue weighted by molar-refractivity contribution is -0.0708. The van der Waals surface area contributed by atoms with Gasteiger partial charge in [0.05, 0.1) is 16.8 Å². The van der Waals surface area contributed by atoms with Gasteiger partial charge in [-0.05, 0) is 31.9 Å². The van der Waals surface area contributed by atoms with E-state index >= 15 is 0 Å². The third kappa shape index (κ3) is 3.26. The molecule has 6 rings (SSSR count). The monoisotopic (exact) mass is 435 g/mol. The fourth-order valence-corrected chi connectivity index (χ4v) is 4.94. The number of nitrogens with two attached hydrogens (primary N) is 1. The number of methoxy groups -OCH3 is 1. The molecular formula is C27H25N5O. The Bertz CT molecular complexity index is 1490. The fourth-order valence-electron chi connectivity index (χ4n) is 4.94. The first kappa shape index (κ1) is 19.9. The maximum absolute atomic E-state index is 6.35. The standard InChI is InChI=1S/C27H25N5O/c1-27(33-2)15-20(16-27)26-31-23(24-25(28)29-12-13-32(24)26)19-9-8-18-10-11-21(30-22(18)14-19)17-6-4-3-5-7-17/h3-14,20H,15-16H2,1-2H3,(H2,28,29)/t20-,27+. The first-order valence-corrected chi connectivity index (χ1v) is 11.2. The number of benzene rings is 2. The Hall–Kier alpha value is -3.77. The molecule has 2 N–H and O–H groups in total. The lowest BCUT2D eigenvalue weighted by atomic mass is 9.71. The Kier molecular flexibility index (Phi) is 4.45. The van der Waals surface area contributed by atoms with Crippen LogP contribution in [0.25, 0.3) is 38.9 Å². The van der Waals surface area contributed by atoms with E-state index in [2.05, 4.69) is 58.8 Å². The zero-order valence-electron chi connectivity index (χ0n) is 18.7. The van der Waals surface area contributed by atoms with Crippen LogP contribution in [0.5, 0.6) is 0 Å². The number of fused-ring (bicyclic) bond motifs is 2. The summed E-state index contributed by atoms with van der Waals surface area (Å²) in [5.41, 5.74) is 11.9. The average molecular weight is 436 g/mol. The molecule has 33 heavy (non-hydrogen) atoms. The second-order valence-corrected chi connectivity index (χ2v) is 9.08. The molecule has 0 atom stereocenters. The molecule has 1 fully saturated rings. The van der Waals surface area contributed by atoms with Crippen molar-refractivity contribution in [2.24, 2.45) is 0 Å². The number of anilines is 1. The summed E-state index contributed by atoms with van der Waals surface area (Å²) in [6, 6.07) is 20.7. The third-order valence-electron chi connectivity index (χ3n) is 6.86. The van der Waals surface area contributed by atoms with Gasteiger partial charge in [0.15, 0.2) is 0 Å². The third-order valence-corrected chi connectivity index (χ3v) is 6.86. The number of rotatable bonds is 4. The van der Waals surface area contributed by atoms with E-state index in [4.69, 9.17) is 20.4 Å². The molecule has 0 bridgehead atoms. The first-order valence-electron chi connectivity index (χ1n) is 11.2. The van der Waals surface area contributed by atoms with Crippen LogP contribution in [-0.4, -0.2) is 32.1 Å². The van der Waals surface area contributed by atoms with E-state index in [1.807, 2.05) is 24.4 Å². The maximum Gasteiger partial charge on any atom is 0.150 e. The largest absolute Gasteiger partial charge is 0.382 e. The minimum atomic E-state index is -0.0874. The highest BCUT2D eigenvalue weighted by Gasteiger charge is 2.43. The van der Waals surface area contributed by atoms with Crippen molar-refractivity contribution >= 4 is 22.2 Å². The Morgan fingerprint density at radius 2 is 1.79 bits per heavy atom. The van der Waals surface area contributed by atoms with Gasteiger partial charge >= 0.3 is 0 Å². The van der Waals surface area contributed by atoms with E-state index in [0.29, 0.717) is 11.7 Å². The average Bonchev–Trinajstić information content (AvgIpc) is 3.22. The molecule has 3 heterocycles. The number of nitrogens with zero attached hydrogens (tertiary/aromatic N) is 4. The highest BCUT2D eigenvalue weighted by molar-refractivity contribution is 5.91. The molecule has 1 aliphatic rings. The van der Waals surface area contributed by atoms with Crippen molar-refractivity contribution < 1.29 is 4.74 Å². The fraction of sp³-hybridized carbons (Fsp3) is 0.222. The molecule has 164 valence electrons. The van der Waals surface area contributed by atoms with Gasteiger partial charge in [0.1, 0.15) is 22.9 Å². The number of hydrogen-bond donors (Lipinski definition) is 1. The summed E-state index contributed by atoms with van der Waals surface area (Å²) in [5.74, 6) is 1.81. The van der Waals surface area contributed by atoms with Crippen LogP contribution in [-0.2, 0) is 4.74 Å².